The summed E-state index contributed by atoms with van der Waals surface area (Å²) in [6, 6.07) is 18.8. The third-order valence-corrected chi connectivity index (χ3v) is 10.5. The predicted octanol–water partition coefficient (Wildman–Crippen LogP) is 4.61. The van der Waals surface area contributed by atoms with Crippen molar-refractivity contribution in [2.24, 2.45) is 0 Å². The number of hydroxylamine groups is 1. The molecule has 8 nitrogen and oxygen atoms in total. The predicted molar refractivity (Wildman–Crippen MR) is 155 cm³/mol. The number of ether oxygens (including phenoxy) is 2. The molecule has 1 aliphatic rings. The van der Waals surface area contributed by atoms with Crippen LogP contribution in [0.5, 0.6) is 5.75 Å². The number of sulfone groups is 1. The van der Waals surface area contributed by atoms with E-state index in [9.17, 15) is 18.4 Å². The Morgan fingerprint density at radius 3 is 2.46 bits per heavy atom. The lowest BCUT2D eigenvalue weighted by Crippen LogP contribution is -2.57. The van der Waals surface area contributed by atoms with Crippen molar-refractivity contribution >= 4 is 39.5 Å². The van der Waals surface area contributed by atoms with Crippen molar-refractivity contribution in [1.82, 2.24) is 10.4 Å². The van der Waals surface area contributed by atoms with Gasteiger partial charge in [-0.2, -0.15) is 0 Å². The standard InChI is InChI=1S/C28H34N2O6S2.ClH/c1-35-19-17-30-15-13-28(14-16-30,27(31)29-32)38(33,34)25-11-9-24(10-12-25)36-18-3-6-22-5-2-7-23(21-22)26-8-4-20-37-26;/h2,4-5,7-12,20-21,32H,3,6,13-19H2,1H3,(H,29,31);1H. The van der Waals surface area contributed by atoms with Crippen LogP contribution in [0, 0.1) is 0 Å². The molecule has 39 heavy (non-hydrogen) atoms. The van der Waals surface area contributed by atoms with Gasteiger partial charge < -0.3 is 14.4 Å². The van der Waals surface area contributed by atoms with Crippen LogP contribution in [0.2, 0.25) is 0 Å². The molecule has 0 unspecified atom stereocenters. The quantitative estimate of drug-likeness (QED) is 0.179. The van der Waals surface area contributed by atoms with Gasteiger partial charge in [-0.3, -0.25) is 10.0 Å². The van der Waals surface area contributed by atoms with Crippen LogP contribution < -0.4 is 10.2 Å². The van der Waals surface area contributed by atoms with Gasteiger partial charge in [0.15, 0.2) is 14.6 Å². The minimum atomic E-state index is -4.06. The lowest BCUT2D eigenvalue weighted by Gasteiger charge is -2.39. The second-order valence-electron chi connectivity index (χ2n) is 9.37. The smallest absolute Gasteiger partial charge is 0.265 e. The SMILES string of the molecule is COCCN1CCC(C(=O)NO)(S(=O)(=O)c2ccc(OCCCc3cccc(-c4cccs4)c3)cc2)CC1.Cl. The summed E-state index contributed by atoms with van der Waals surface area (Å²) in [7, 11) is -2.46. The van der Waals surface area contributed by atoms with Crippen LogP contribution >= 0.6 is 23.7 Å². The number of hydrogen-bond donors (Lipinski definition) is 2. The van der Waals surface area contributed by atoms with Crippen molar-refractivity contribution in [2.45, 2.75) is 35.3 Å². The van der Waals surface area contributed by atoms with Crippen LogP contribution in [-0.2, 0) is 25.8 Å². The average molecular weight is 595 g/mol. The van der Waals surface area contributed by atoms with Crippen molar-refractivity contribution in [1.29, 1.82) is 0 Å². The molecule has 4 rings (SSSR count). The second kappa shape index (κ2) is 14.2. The summed E-state index contributed by atoms with van der Waals surface area (Å²) in [6.45, 7) is 2.48. The first-order valence-electron chi connectivity index (χ1n) is 12.7. The number of amides is 1. The molecular weight excluding hydrogens is 560 g/mol. The monoisotopic (exact) mass is 594 g/mol. The van der Waals surface area contributed by atoms with Gasteiger partial charge in [0.1, 0.15) is 5.75 Å². The van der Waals surface area contributed by atoms with E-state index < -0.39 is 20.5 Å². The number of thiophene rings is 1. The molecule has 1 aromatic heterocycles. The molecule has 0 aliphatic carbocycles. The van der Waals surface area contributed by atoms with Crippen molar-refractivity contribution in [3.8, 4) is 16.2 Å². The summed E-state index contributed by atoms with van der Waals surface area (Å²) in [5.41, 5.74) is 4.04. The molecule has 0 bridgehead atoms. The average Bonchev–Trinajstić information content (AvgIpc) is 3.50. The third-order valence-electron chi connectivity index (χ3n) is 7.05. The molecule has 1 aliphatic heterocycles. The topological polar surface area (TPSA) is 105 Å². The van der Waals surface area contributed by atoms with Crippen LogP contribution in [0.4, 0.5) is 0 Å². The van der Waals surface area contributed by atoms with Gasteiger partial charge in [0.25, 0.3) is 5.91 Å². The molecule has 2 aromatic carbocycles. The zero-order valence-electron chi connectivity index (χ0n) is 21.9. The zero-order chi connectivity index (χ0) is 27.0. The fourth-order valence-electron chi connectivity index (χ4n) is 4.81. The highest BCUT2D eigenvalue weighted by molar-refractivity contribution is 7.93. The van der Waals surface area contributed by atoms with Crippen molar-refractivity contribution in [3.05, 3.63) is 71.6 Å². The van der Waals surface area contributed by atoms with Gasteiger partial charge >= 0.3 is 0 Å². The van der Waals surface area contributed by atoms with Gasteiger partial charge in [-0.25, -0.2) is 13.9 Å². The van der Waals surface area contributed by atoms with E-state index in [2.05, 4.69) is 40.6 Å². The number of carbonyl (C=O) groups is 1. The van der Waals surface area contributed by atoms with E-state index >= 15 is 0 Å². The van der Waals surface area contributed by atoms with Gasteiger partial charge in [-0.05, 0) is 72.5 Å². The number of nitrogens with zero attached hydrogens (tertiary/aromatic N) is 1. The van der Waals surface area contributed by atoms with Crippen LogP contribution in [0.1, 0.15) is 24.8 Å². The Kier molecular flexibility index (Phi) is 11.3. The molecule has 1 saturated heterocycles. The summed E-state index contributed by atoms with van der Waals surface area (Å²) in [5.74, 6) is -0.335. The van der Waals surface area contributed by atoms with Gasteiger partial charge in [0.2, 0.25) is 0 Å². The second-order valence-corrected chi connectivity index (χ2v) is 12.6. The highest BCUT2D eigenvalue weighted by Gasteiger charge is 2.52. The number of piperidine rings is 1. The van der Waals surface area contributed by atoms with Gasteiger partial charge in [-0.15, -0.1) is 23.7 Å². The Morgan fingerprint density at radius 1 is 1.08 bits per heavy atom. The van der Waals surface area contributed by atoms with Gasteiger partial charge in [0.05, 0.1) is 18.1 Å². The van der Waals surface area contributed by atoms with E-state index in [0.717, 1.165) is 12.8 Å². The normalized spacial score (nSPS) is 15.3. The summed E-state index contributed by atoms with van der Waals surface area (Å²) in [5, 5.41) is 11.4. The van der Waals surface area contributed by atoms with Gasteiger partial charge in [0, 0.05) is 31.6 Å². The molecule has 0 radical (unpaired) electrons. The number of rotatable bonds is 12. The van der Waals surface area contributed by atoms with Gasteiger partial charge in [-0.1, -0.05) is 30.3 Å². The van der Waals surface area contributed by atoms with Crippen LogP contribution in [-0.4, -0.2) is 69.1 Å². The molecule has 212 valence electrons. The molecule has 11 heteroatoms. The summed E-state index contributed by atoms with van der Waals surface area (Å²) < 4.78 is 36.5. The summed E-state index contributed by atoms with van der Waals surface area (Å²) >= 11 is 1.72. The molecule has 0 atom stereocenters. The Morgan fingerprint density at radius 2 is 1.82 bits per heavy atom. The van der Waals surface area contributed by atoms with Crippen LogP contribution in [0.3, 0.4) is 0 Å². The minimum absolute atomic E-state index is 0. The highest BCUT2D eigenvalue weighted by atomic mass is 35.5. The Bertz CT molecular complexity index is 1290. The number of carbonyl (C=O) groups excluding carboxylic acids is 1. The maximum absolute atomic E-state index is 13.6. The first-order chi connectivity index (χ1) is 18.4. The molecule has 0 spiro atoms. The number of aryl methyl sites for hydroxylation is 1. The van der Waals surface area contributed by atoms with Crippen molar-refractivity contribution < 1.29 is 27.9 Å². The number of methoxy groups -OCH3 is 1. The summed E-state index contributed by atoms with van der Waals surface area (Å²) in [4.78, 5) is 16.0. The van der Waals surface area contributed by atoms with E-state index in [4.69, 9.17) is 9.47 Å². The lowest BCUT2D eigenvalue weighted by molar-refractivity contribution is -0.133. The number of halogens is 1. The zero-order valence-corrected chi connectivity index (χ0v) is 24.3. The van der Waals surface area contributed by atoms with E-state index in [-0.39, 0.29) is 30.1 Å². The van der Waals surface area contributed by atoms with E-state index in [1.54, 1.807) is 36.1 Å². The molecule has 0 saturated carbocycles. The third kappa shape index (κ3) is 7.19. The molecule has 1 fully saturated rings. The number of nitrogens with one attached hydrogen (secondary N) is 1. The minimum Gasteiger partial charge on any atom is -0.494 e. The molecular formula is C28H35ClN2O6S2. The first-order valence-corrected chi connectivity index (χ1v) is 15.0. The van der Waals surface area contributed by atoms with E-state index in [1.807, 2.05) is 6.07 Å². The van der Waals surface area contributed by atoms with Crippen molar-refractivity contribution in [3.63, 3.8) is 0 Å². The molecule has 3 aromatic rings. The maximum atomic E-state index is 13.6. The van der Waals surface area contributed by atoms with E-state index in [0.29, 0.717) is 38.6 Å². The lowest BCUT2D eigenvalue weighted by atomic mass is 9.95. The van der Waals surface area contributed by atoms with Crippen molar-refractivity contribution in [2.75, 3.05) is 40.0 Å². The first kappa shape index (κ1) is 31.1. The Labute approximate surface area is 240 Å². The fraction of sp³-hybridized carbons (Fsp3) is 0.393. The Balaban J connectivity index is 0.00000420. The molecule has 1 amide bonds. The number of benzene rings is 2. The Hall–Kier alpha value is -2.47. The number of hydrogen-bond acceptors (Lipinski definition) is 8. The highest BCUT2D eigenvalue weighted by Crippen LogP contribution is 2.36. The largest absolute Gasteiger partial charge is 0.494 e. The maximum Gasteiger partial charge on any atom is 0.265 e. The number of likely N-dealkylation sites (tertiary alicyclic amines) is 1. The molecule has 2 heterocycles. The summed E-state index contributed by atoms with van der Waals surface area (Å²) in [6.07, 6.45) is 1.84. The van der Waals surface area contributed by atoms with Crippen LogP contribution in [0.25, 0.3) is 10.4 Å². The fourth-order valence-corrected chi connectivity index (χ4v) is 7.49. The van der Waals surface area contributed by atoms with Crippen LogP contribution in [0.15, 0.2) is 70.9 Å². The van der Waals surface area contributed by atoms with E-state index in [1.165, 1.54) is 28.1 Å². The molecule has 2 N–H and O–H groups in total.